The van der Waals surface area contributed by atoms with Crippen molar-refractivity contribution < 1.29 is 37.0 Å². The van der Waals surface area contributed by atoms with E-state index in [1.807, 2.05) is 47.4 Å². The first-order chi connectivity index (χ1) is 15.6. The fourth-order valence-electron chi connectivity index (χ4n) is 3.83. The van der Waals surface area contributed by atoms with E-state index in [0.29, 0.717) is 6.54 Å². The van der Waals surface area contributed by atoms with E-state index in [2.05, 4.69) is 4.90 Å². The number of anilines is 1. The van der Waals surface area contributed by atoms with Gasteiger partial charge < -0.3 is 14.7 Å². The van der Waals surface area contributed by atoms with Gasteiger partial charge in [-0.15, -0.1) is 0 Å². The van der Waals surface area contributed by atoms with Crippen LogP contribution in [0.4, 0.5) is 23.2 Å². The fraction of sp³-hybridized carbons (Fsp3) is 0.391. The SMILES string of the molecule is O=C(O)C(F)(F)F.O=C1COC2(CCN(Cc3ccc(F)cc3)CC2)CN1c1ccccc1. The van der Waals surface area contributed by atoms with Crippen LogP contribution in [0.15, 0.2) is 54.6 Å². The van der Waals surface area contributed by atoms with Gasteiger partial charge in [0.05, 0.1) is 12.1 Å². The number of piperidine rings is 1. The Balaban J connectivity index is 0.000000383. The van der Waals surface area contributed by atoms with E-state index >= 15 is 0 Å². The van der Waals surface area contributed by atoms with E-state index in [1.165, 1.54) is 12.1 Å². The molecule has 2 aliphatic heterocycles. The van der Waals surface area contributed by atoms with Gasteiger partial charge in [0.25, 0.3) is 5.91 Å². The maximum absolute atomic E-state index is 13.0. The van der Waals surface area contributed by atoms with E-state index in [4.69, 9.17) is 14.6 Å². The molecule has 1 spiro atoms. The number of nitrogens with zero attached hydrogens (tertiary/aromatic N) is 2. The average Bonchev–Trinajstić information content (AvgIpc) is 2.79. The Morgan fingerprint density at radius 2 is 1.61 bits per heavy atom. The van der Waals surface area contributed by atoms with Gasteiger partial charge in [-0.3, -0.25) is 9.69 Å². The number of amides is 1. The first-order valence-electron chi connectivity index (χ1n) is 10.3. The van der Waals surface area contributed by atoms with Gasteiger partial charge in [-0.05, 0) is 42.7 Å². The number of benzene rings is 2. The molecule has 10 heteroatoms. The number of carboxylic acids is 1. The second-order valence-electron chi connectivity index (χ2n) is 7.99. The summed E-state index contributed by atoms with van der Waals surface area (Å²) in [5, 5.41) is 7.12. The Hall–Kier alpha value is -2.98. The third kappa shape index (κ3) is 6.75. The average molecular weight is 468 g/mol. The molecule has 178 valence electrons. The molecule has 6 nitrogen and oxygen atoms in total. The van der Waals surface area contributed by atoms with Crippen molar-refractivity contribution >= 4 is 17.6 Å². The van der Waals surface area contributed by atoms with Gasteiger partial charge in [0.15, 0.2) is 0 Å². The second-order valence-corrected chi connectivity index (χ2v) is 7.99. The van der Waals surface area contributed by atoms with Gasteiger partial charge in [-0.25, -0.2) is 9.18 Å². The number of rotatable bonds is 3. The maximum atomic E-state index is 13.0. The highest BCUT2D eigenvalue weighted by molar-refractivity contribution is 5.95. The molecule has 2 aromatic carbocycles. The molecule has 0 bridgehead atoms. The van der Waals surface area contributed by atoms with Crippen LogP contribution >= 0.6 is 0 Å². The Bertz CT molecular complexity index is 943. The Morgan fingerprint density at radius 1 is 1.03 bits per heavy atom. The number of hydrogen-bond acceptors (Lipinski definition) is 4. The van der Waals surface area contributed by atoms with Gasteiger partial charge in [0.2, 0.25) is 0 Å². The highest BCUT2D eigenvalue weighted by atomic mass is 19.4. The lowest BCUT2D eigenvalue weighted by atomic mass is 9.88. The zero-order valence-electron chi connectivity index (χ0n) is 17.7. The Morgan fingerprint density at radius 3 is 2.15 bits per heavy atom. The first-order valence-corrected chi connectivity index (χ1v) is 10.3. The molecule has 1 amide bonds. The normalized spacial score (nSPS) is 18.5. The molecule has 4 rings (SSSR count). The molecule has 0 aliphatic carbocycles. The number of carbonyl (C=O) groups is 2. The van der Waals surface area contributed by atoms with Crippen molar-refractivity contribution in [1.82, 2.24) is 4.90 Å². The van der Waals surface area contributed by atoms with Crippen LogP contribution < -0.4 is 4.90 Å². The first kappa shape index (κ1) is 24.7. The molecule has 1 N–H and O–H groups in total. The van der Waals surface area contributed by atoms with Crippen molar-refractivity contribution in [2.45, 2.75) is 31.2 Å². The van der Waals surface area contributed by atoms with E-state index in [-0.39, 0.29) is 23.9 Å². The number of alkyl halides is 3. The molecule has 0 unspecified atom stereocenters. The molecule has 2 aliphatic rings. The van der Waals surface area contributed by atoms with Crippen molar-refractivity contribution in [3.8, 4) is 0 Å². The summed E-state index contributed by atoms with van der Waals surface area (Å²) in [5.74, 6) is -2.93. The number of carbonyl (C=O) groups excluding carboxylic acids is 1. The van der Waals surface area contributed by atoms with Gasteiger partial charge in [0.1, 0.15) is 12.4 Å². The minimum Gasteiger partial charge on any atom is -0.475 e. The predicted octanol–water partition coefficient (Wildman–Crippen LogP) is 3.86. The number of aliphatic carboxylic acids is 1. The van der Waals surface area contributed by atoms with Gasteiger partial charge in [-0.2, -0.15) is 13.2 Å². The number of hydrogen-bond donors (Lipinski definition) is 1. The highest BCUT2D eigenvalue weighted by Crippen LogP contribution is 2.33. The van der Waals surface area contributed by atoms with Gasteiger partial charge in [0, 0.05) is 25.3 Å². The van der Waals surface area contributed by atoms with E-state index in [1.54, 1.807) is 0 Å². The quantitative estimate of drug-likeness (QED) is 0.693. The summed E-state index contributed by atoms with van der Waals surface area (Å²) in [6.07, 6.45) is -3.30. The van der Waals surface area contributed by atoms with Gasteiger partial charge in [-0.1, -0.05) is 30.3 Å². The summed E-state index contributed by atoms with van der Waals surface area (Å²) in [6.45, 7) is 3.40. The van der Waals surface area contributed by atoms with Crippen LogP contribution in [-0.2, 0) is 20.9 Å². The highest BCUT2D eigenvalue weighted by Gasteiger charge is 2.42. The van der Waals surface area contributed by atoms with Gasteiger partial charge >= 0.3 is 12.1 Å². The van der Waals surface area contributed by atoms with Crippen molar-refractivity contribution in [1.29, 1.82) is 0 Å². The van der Waals surface area contributed by atoms with Crippen LogP contribution in [0.2, 0.25) is 0 Å². The predicted molar refractivity (Wildman–Crippen MR) is 112 cm³/mol. The van der Waals surface area contributed by atoms with Crippen molar-refractivity contribution in [3.05, 3.63) is 66.0 Å². The molecule has 2 saturated heterocycles. The smallest absolute Gasteiger partial charge is 0.475 e. The molecule has 2 fully saturated rings. The van der Waals surface area contributed by atoms with E-state index < -0.39 is 12.1 Å². The topological polar surface area (TPSA) is 70.1 Å². The van der Waals surface area contributed by atoms with Crippen LogP contribution in [0.3, 0.4) is 0 Å². The van der Waals surface area contributed by atoms with Crippen molar-refractivity contribution in [2.75, 3.05) is 31.1 Å². The van der Waals surface area contributed by atoms with Crippen molar-refractivity contribution in [2.24, 2.45) is 0 Å². The third-order valence-electron chi connectivity index (χ3n) is 5.65. The van der Waals surface area contributed by atoms with E-state index in [0.717, 1.165) is 43.7 Å². The molecule has 0 atom stereocenters. The number of likely N-dealkylation sites (tertiary alicyclic amines) is 1. The Labute approximate surface area is 188 Å². The van der Waals surface area contributed by atoms with Crippen LogP contribution in [0.5, 0.6) is 0 Å². The van der Waals surface area contributed by atoms with Crippen molar-refractivity contribution in [3.63, 3.8) is 0 Å². The zero-order chi connectivity index (χ0) is 24.1. The maximum Gasteiger partial charge on any atom is 0.490 e. The summed E-state index contributed by atoms with van der Waals surface area (Å²) >= 11 is 0. The number of para-hydroxylation sites is 1. The summed E-state index contributed by atoms with van der Waals surface area (Å²) in [7, 11) is 0. The Kier molecular flexibility index (Phi) is 7.70. The standard InChI is InChI=1S/C21H23FN2O2.C2HF3O2/c22-18-8-6-17(7-9-18)14-23-12-10-21(11-13-23)16-24(20(25)15-26-21)19-4-2-1-3-5-19;3-2(4,5)1(6)7/h1-9H,10-16H2;(H,6,7). The summed E-state index contributed by atoms with van der Waals surface area (Å²) in [5.41, 5.74) is 1.80. The largest absolute Gasteiger partial charge is 0.490 e. The lowest BCUT2D eigenvalue weighted by Gasteiger charge is -2.47. The molecule has 2 heterocycles. The number of carboxylic acid groups (broad SMARTS) is 1. The lowest BCUT2D eigenvalue weighted by Crippen LogP contribution is -2.58. The lowest BCUT2D eigenvalue weighted by molar-refractivity contribution is -0.192. The molecule has 0 aromatic heterocycles. The van der Waals surface area contributed by atoms with Crippen LogP contribution in [0.1, 0.15) is 18.4 Å². The summed E-state index contributed by atoms with van der Waals surface area (Å²) < 4.78 is 50.8. The molecule has 2 aromatic rings. The fourth-order valence-corrected chi connectivity index (χ4v) is 3.83. The summed E-state index contributed by atoms with van der Waals surface area (Å²) in [4.78, 5) is 25.4. The van der Waals surface area contributed by atoms with Crippen LogP contribution in [-0.4, -0.2) is 59.9 Å². The molecule has 0 radical (unpaired) electrons. The second kappa shape index (κ2) is 10.3. The molecule has 33 heavy (non-hydrogen) atoms. The van der Waals surface area contributed by atoms with E-state index in [9.17, 15) is 22.4 Å². The number of morpholine rings is 1. The number of halogens is 4. The molecule has 0 saturated carbocycles. The molecular formula is C23H24F4N2O4. The minimum atomic E-state index is -5.08. The summed E-state index contributed by atoms with van der Waals surface area (Å²) in [6, 6.07) is 16.5. The minimum absolute atomic E-state index is 0.0237. The number of ether oxygens (including phenoxy) is 1. The van der Waals surface area contributed by atoms with Crippen LogP contribution in [0, 0.1) is 5.82 Å². The zero-order valence-corrected chi connectivity index (χ0v) is 17.7. The molecular weight excluding hydrogens is 444 g/mol. The van der Waals surface area contributed by atoms with Crippen LogP contribution in [0.25, 0.3) is 0 Å². The third-order valence-corrected chi connectivity index (χ3v) is 5.65. The monoisotopic (exact) mass is 468 g/mol.